The van der Waals surface area contributed by atoms with Crippen molar-refractivity contribution in [2.45, 2.75) is 16.5 Å². The van der Waals surface area contributed by atoms with Gasteiger partial charge >= 0.3 is 0 Å². The monoisotopic (exact) mass is 464 g/mol. The first kappa shape index (κ1) is 19.7. The average Bonchev–Trinajstić information content (AvgIpc) is 3.09. The molecule has 2 N–H and O–H groups in total. The van der Waals surface area contributed by atoms with Crippen LogP contribution < -0.4 is 15.4 Å². The van der Waals surface area contributed by atoms with Gasteiger partial charge in [0.25, 0.3) is 0 Å². The summed E-state index contributed by atoms with van der Waals surface area (Å²) < 4.78 is 6.94. The maximum atomic E-state index is 12.4. The Labute approximate surface area is 173 Å². The summed E-state index contributed by atoms with van der Waals surface area (Å²) in [6.45, 7) is 1.84. The highest BCUT2D eigenvalue weighted by atomic mass is 79.9. The van der Waals surface area contributed by atoms with Gasteiger partial charge in [-0.3, -0.25) is 4.79 Å². The minimum absolute atomic E-state index is 0.0902. The van der Waals surface area contributed by atoms with E-state index in [1.807, 2.05) is 55.5 Å². The minimum atomic E-state index is -0.309. The largest absolute Gasteiger partial charge is 0.495 e. The number of amides is 1. The Bertz CT molecular complexity index is 935. The standard InChI is InChI=1S/C18H17BrN4O2S2/c1-11(16(24)20-13-7-5-6-12(19)10-13)26-18-23-22-17(27-18)21-14-8-3-4-9-15(14)25-2/h3-11H,1-2H3,(H,20,24)(H,21,22). The molecule has 0 saturated heterocycles. The number of hydrogen-bond acceptors (Lipinski definition) is 7. The van der Waals surface area contributed by atoms with Gasteiger partial charge in [-0.15, -0.1) is 10.2 Å². The third-order valence-electron chi connectivity index (χ3n) is 3.49. The number of carbonyl (C=O) groups is 1. The van der Waals surface area contributed by atoms with Crippen molar-refractivity contribution in [3.05, 3.63) is 53.0 Å². The van der Waals surface area contributed by atoms with Gasteiger partial charge in [0, 0.05) is 10.2 Å². The molecular formula is C18H17BrN4O2S2. The van der Waals surface area contributed by atoms with Crippen molar-refractivity contribution in [3.63, 3.8) is 0 Å². The van der Waals surface area contributed by atoms with Gasteiger partial charge in [0.1, 0.15) is 5.75 Å². The highest BCUT2D eigenvalue weighted by Gasteiger charge is 2.18. The van der Waals surface area contributed by atoms with Gasteiger partial charge in [0.2, 0.25) is 11.0 Å². The zero-order valence-corrected chi connectivity index (χ0v) is 17.8. The van der Waals surface area contributed by atoms with Crippen molar-refractivity contribution in [2.24, 2.45) is 0 Å². The number of rotatable bonds is 7. The molecule has 0 aliphatic carbocycles. The number of aromatic nitrogens is 2. The molecule has 0 aliphatic rings. The fraction of sp³-hybridized carbons (Fsp3) is 0.167. The lowest BCUT2D eigenvalue weighted by Gasteiger charge is -2.10. The lowest BCUT2D eigenvalue weighted by molar-refractivity contribution is -0.115. The second-order valence-corrected chi connectivity index (χ2v) is 8.94. The maximum Gasteiger partial charge on any atom is 0.237 e. The van der Waals surface area contributed by atoms with Gasteiger partial charge in [-0.05, 0) is 37.3 Å². The number of thioether (sulfide) groups is 1. The Kier molecular flexibility index (Phi) is 6.70. The van der Waals surface area contributed by atoms with Crippen LogP contribution in [-0.4, -0.2) is 28.5 Å². The smallest absolute Gasteiger partial charge is 0.237 e. The summed E-state index contributed by atoms with van der Waals surface area (Å²) >= 11 is 6.15. The number of nitrogens with one attached hydrogen (secondary N) is 2. The van der Waals surface area contributed by atoms with E-state index in [2.05, 4.69) is 36.8 Å². The van der Waals surface area contributed by atoms with Gasteiger partial charge in [0.15, 0.2) is 4.34 Å². The molecule has 0 fully saturated rings. The van der Waals surface area contributed by atoms with Gasteiger partial charge in [-0.1, -0.05) is 57.2 Å². The van der Waals surface area contributed by atoms with Crippen LogP contribution in [0.2, 0.25) is 0 Å². The van der Waals surface area contributed by atoms with Crippen molar-refractivity contribution in [3.8, 4) is 5.75 Å². The SMILES string of the molecule is COc1ccccc1Nc1nnc(SC(C)C(=O)Nc2cccc(Br)c2)s1. The summed E-state index contributed by atoms with van der Waals surface area (Å²) in [6.07, 6.45) is 0. The van der Waals surface area contributed by atoms with Crippen LogP contribution in [0.3, 0.4) is 0 Å². The van der Waals surface area contributed by atoms with Crippen LogP contribution in [0.25, 0.3) is 0 Å². The summed E-state index contributed by atoms with van der Waals surface area (Å²) in [4.78, 5) is 12.4. The van der Waals surface area contributed by atoms with Gasteiger partial charge < -0.3 is 15.4 Å². The molecule has 0 saturated carbocycles. The molecule has 0 bridgehead atoms. The zero-order chi connectivity index (χ0) is 19.2. The van der Waals surface area contributed by atoms with E-state index in [4.69, 9.17) is 4.74 Å². The normalized spacial score (nSPS) is 11.7. The number of benzene rings is 2. The number of nitrogens with zero attached hydrogens (tertiary/aromatic N) is 2. The molecule has 2 aromatic carbocycles. The molecule has 3 rings (SSSR count). The minimum Gasteiger partial charge on any atom is -0.495 e. The van der Waals surface area contributed by atoms with E-state index in [1.165, 1.54) is 23.1 Å². The van der Waals surface area contributed by atoms with Crippen molar-refractivity contribution < 1.29 is 9.53 Å². The molecule has 1 heterocycles. The van der Waals surface area contributed by atoms with Crippen LogP contribution >= 0.6 is 39.0 Å². The molecule has 140 valence electrons. The van der Waals surface area contributed by atoms with Gasteiger partial charge in [0.05, 0.1) is 18.0 Å². The van der Waals surface area contributed by atoms with E-state index in [9.17, 15) is 4.79 Å². The first-order chi connectivity index (χ1) is 13.0. The van der Waals surface area contributed by atoms with E-state index >= 15 is 0 Å². The Morgan fingerprint density at radius 1 is 1.22 bits per heavy atom. The summed E-state index contributed by atoms with van der Waals surface area (Å²) in [6, 6.07) is 15.1. The Morgan fingerprint density at radius 3 is 2.81 bits per heavy atom. The van der Waals surface area contributed by atoms with E-state index < -0.39 is 0 Å². The molecule has 3 aromatic rings. The molecule has 6 nitrogen and oxygen atoms in total. The zero-order valence-electron chi connectivity index (χ0n) is 14.6. The van der Waals surface area contributed by atoms with Gasteiger partial charge in [-0.25, -0.2) is 0 Å². The van der Waals surface area contributed by atoms with E-state index in [1.54, 1.807) is 7.11 Å². The topological polar surface area (TPSA) is 76.1 Å². The first-order valence-corrected chi connectivity index (χ1v) is 10.5. The number of halogens is 1. The highest BCUT2D eigenvalue weighted by Crippen LogP contribution is 2.33. The number of anilines is 3. The fourth-order valence-corrected chi connectivity index (χ4v) is 4.49. The maximum absolute atomic E-state index is 12.4. The number of para-hydroxylation sites is 2. The molecule has 9 heteroatoms. The van der Waals surface area contributed by atoms with Crippen LogP contribution in [-0.2, 0) is 4.79 Å². The number of methoxy groups -OCH3 is 1. The first-order valence-electron chi connectivity index (χ1n) is 8.02. The quantitative estimate of drug-likeness (QED) is 0.469. The van der Waals surface area contributed by atoms with Crippen molar-refractivity contribution in [2.75, 3.05) is 17.7 Å². The Hall–Kier alpha value is -2.10. The van der Waals surface area contributed by atoms with E-state index in [0.29, 0.717) is 9.47 Å². The number of carbonyl (C=O) groups excluding carboxylic acids is 1. The summed E-state index contributed by atoms with van der Waals surface area (Å²) in [5, 5.41) is 14.7. The van der Waals surface area contributed by atoms with Crippen molar-refractivity contribution in [1.82, 2.24) is 10.2 Å². The third kappa shape index (κ3) is 5.44. The van der Waals surface area contributed by atoms with Crippen LogP contribution in [0.4, 0.5) is 16.5 Å². The lowest BCUT2D eigenvalue weighted by atomic mass is 10.3. The Morgan fingerprint density at radius 2 is 2.04 bits per heavy atom. The van der Waals surface area contributed by atoms with E-state index in [-0.39, 0.29) is 11.2 Å². The van der Waals surface area contributed by atoms with Crippen molar-refractivity contribution >= 4 is 61.4 Å². The van der Waals surface area contributed by atoms with Crippen molar-refractivity contribution in [1.29, 1.82) is 0 Å². The highest BCUT2D eigenvalue weighted by molar-refractivity contribution is 9.10. The predicted molar refractivity (Wildman–Crippen MR) is 114 cm³/mol. The third-order valence-corrected chi connectivity index (χ3v) is 6.01. The summed E-state index contributed by atoms with van der Waals surface area (Å²) in [5.41, 5.74) is 1.56. The average molecular weight is 465 g/mol. The summed E-state index contributed by atoms with van der Waals surface area (Å²) in [5.74, 6) is 0.635. The number of hydrogen-bond donors (Lipinski definition) is 2. The lowest BCUT2D eigenvalue weighted by Crippen LogP contribution is -2.22. The Balaban J connectivity index is 1.60. The number of ether oxygens (including phenoxy) is 1. The van der Waals surface area contributed by atoms with Crippen LogP contribution in [0.15, 0.2) is 57.3 Å². The molecule has 1 atom stereocenters. The predicted octanol–water partition coefficient (Wildman–Crippen LogP) is 5.17. The second kappa shape index (κ2) is 9.20. The molecule has 1 unspecified atom stereocenters. The molecule has 1 amide bonds. The molecule has 1 aromatic heterocycles. The molecule has 0 spiro atoms. The summed E-state index contributed by atoms with van der Waals surface area (Å²) in [7, 11) is 1.62. The van der Waals surface area contributed by atoms with Gasteiger partial charge in [-0.2, -0.15) is 0 Å². The molecule has 0 radical (unpaired) electrons. The van der Waals surface area contributed by atoms with Crippen LogP contribution in [0.1, 0.15) is 6.92 Å². The fourth-order valence-electron chi connectivity index (χ4n) is 2.19. The molecule has 27 heavy (non-hydrogen) atoms. The molecular weight excluding hydrogens is 448 g/mol. The van der Waals surface area contributed by atoms with Crippen LogP contribution in [0.5, 0.6) is 5.75 Å². The van der Waals surface area contributed by atoms with E-state index in [0.717, 1.165) is 21.6 Å². The van der Waals surface area contributed by atoms with Crippen LogP contribution in [0, 0.1) is 0 Å². The second-order valence-electron chi connectivity index (χ2n) is 5.46. The molecule has 0 aliphatic heterocycles.